The fourth-order valence-corrected chi connectivity index (χ4v) is 5.27. The van der Waals surface area contributed by atoms with Gasteiger partial charge in [-0.1, -0.05) is 30.0 Å². The number of nitrogens with zero attached hydrogens (tertiary/aromatic N) is 3. The quantitative estimate of drug-likeness (QED) is 0.614. The number of carbonyl (C=O) groups is 1. The molecule has 8 nitrogen and oxygen atoms in total. The largest absolute Gasteiger partial charge is 0.493 e. The van der Waals surface area contributed by atoms with E-state index in [-0.39, 0.29) is 5.91 Å². The summed E-state index contributed by atoms with van der Waals surface area (Å²) in [6.07, 6.45) is 2.13. The van der Waals surface area contributed by atoms with Crippen LogP contribution in [-0.4, -0.2) is 74.4 Å². The van der Waals surface area contributed by atoms with Crippen LogP contribution in [0.2, 0.25) is 0 Å². The minimum Gasteiger partial charge on any atom is -0.493 e. The van der Waals surface area contributed by atoms with E-state index in [0.717, 1.165) is 55.7 Å². The molecule has 3 aliphatic rings. The van der Waals surface area contributed by atoms with Crippen LogP contribution in [0.3, 0.4) is 0 Å². The number of rotatable bonds is 7. The molecular weight excluding hydrogens is 462 g/mol. The third-order valence-corrected chi connectivity index (χ3v) is 7.17. The molecule has 0 atom stereocenters. The van der Waals surface area contributed by atoms with Crippen LogP contribution in [0.1, 0.15) is 15.9 Å². The summed E-state index contributed by atoms with van der Waals surface area (Å²) in [5, 5.41) is 9.64. The van der Waals surface area contributed by atoms with Crippen LogP contribution in [0.5, 0.6) is 11.5 Å². The maximum absolute atomic E-state index is 13.0. The summed E-state index contributed by atoms with van der Waals surface area (Å²) in [6, 6.07) is 12.9. The first-order chi connectivity index (χ1) is 17.2. The Labute approximate surface area is 209 Å². The number of amidine groups is 1. The monoisotopic (exact) mass is 491 g/mol. The Hall–Kier alpha value is -3.27. The number of aliphatic imine (C=N–C) groups is 1. The maximum Gasteiger partial charge on any atom is 0.255 e. The third kappa shape index (κ3) is 5.07. The van der Waals surface area contributed by atoms with Gasteiger partial charge in [0.25, 0.3) is 5.91 Å². The SMILES string of the molecule is COc1ccc(C(=O)Nc2ccccc2C2=CCN3C(CN4CCNCC4)=CSC3=N2)cc1OC. The Morgan fingerprint density at radius 2 is 1.91 bits per heavy atom. The zero-order valence-corrected chi connectivity index (χ0v) is 20.7. The van der Waals surface area contributed by atoms with Crippen molar-refractivity contribution >= 4 is 34.2 Å². The van der Waals surface area contributed by atoms with Gasteiger partial charge in [0.1, 0.15) is 0 Å². The topological polar surface area (TPSA) is 78.4 Å². The highest BCUT2D eigenvalue weighted by Gasteiger charge is 2.27. The van der Waals surface area contributed by atoms with E-state index < -0.39 is 0 Å². The molecular formula is C26H29N5O3S. The zero-order valence-electron chi connectivity index (χ0n) is 19.9. The second-order valence-corrected chi connectivity index (χ2v) is 9.25. The average Bonchev–Trinajstić information content (AvgIpc) is 3.30. The van der Waals surface area contributed by atoms with Crippen LogP contribution in [0.15, 0.2) is 64.6 Å². The van der Waals surface area contributed by atoms with Crippen molar-refractivity contribution in [1.82, 2.24) is 15.1 Å². The Morgan fingerprint density at radius 1 is 1.11 bits per heavy atom. The fraction of sp³-hybridized carbons (Fsp3) is 0.308. The van der Waals surface area contributed by atoms with E-state index in [1.54, 1.807) is 44.2 Å². The van der Waals surface area contributed by atoms with Crippen molar-refractivity contribution in [2.75, 3.05) is 58.8 Å². The first-order valence-electron chi connectivity index (χ1n) is 11.6. The molecule has 35 heavy (non-hydrogen) atoms. The van der Waals surface area contributed by atoms with Crippen LogP contribution >= 0.6 is 11.8 Å². The lowest BCUT2D eigenvalue weighted by atomic mass is 10.1. The lowest BCUT2D eigenvalue weighted by Gasteiger charge is -2.31. The number of nitrogens with one attached hydrogen (secondary N) is 2. The van der Waals surface area contributed by atoms with Crippen molar-refractivity contribution in [1.29, 1.82) is 0 Å². The van der Waals surface area contributed by atoms with Crippen LogP contribution in [-0.2, 0) is 0 Å². The van der Waals surface area contributed by atoms with Gasteiger partial charge in [-0.15, -0.1) is 0 Å². The normalized spacial score (nSPS) is 17.8. The van der Waals surface area contributed by atoms with Gasteiger partial charge in [0.2, 0.25) is 0 Å². The summed E-state index contributed by atoms with van der Waals surface area (Å²) in [7, 11) is 3.12. The van der Waals surface area contributed by atoms with E-state index >= 15 is 0 Å². The summed E-state index contributed by atoms with van der Waals surface area (Å²) in [5.74, 6) is 0.868. The molecule has 2 aromatic rings. The van der Waals surface area contributed by atoms with Crippen LogP contribution in [0, 0.1) is 0 Å². The van der Waals surface area contributed by atoms with Gasteiger partial charge >= 0.3 is 0 Å². The Balaban J connectivity index is 1.31. The van der Waals surface area contributed by atoms with Crippen LogP contribution < -0.4 is 20.1 Å². The fourth-order valence-electron chi connectivity index (χ4n) is 4.36. The van der Waals surface area contributed by atoms with E-state index in [1.165, 1.54) is 5.70 Å². The minimum atomic E-state index is -0.223. The molecule has 0 aromatic heterocycles. The molecule has 1 amide bonds. The van der Waals surface area contributed by atoms with Gasteiger partial charge in [0, 0.05) is 56.1 Å². The minimum absolute atomic E-state index is 0.223. The lowest BCUT2D eigenvalue weighted by Crippen LogP contribution is -2.45. The van der Waals surface area contributed by atoms with Crippen molar-refractivity contribution in [3.8, 4) is 11.5 Å². The standard InChI is InChI=1S/C26H29N5O3S/c1-33-23-8-7-18(15-24(23)34-2)25(32)28-21-6-4-3-5-20(21)22-9-12-31-19(17-35-26(31)29-22)16-30-13-10-27-11-14-30/h3-9,15,17,27H,10-14,16H2,1-2H3,(H,28,32). The first-order valence-corrected chi connectivity index (χ1v) is 12.5. The first kappa shape index (κ1) is 23.5. The van der Waals surface area contributed by atoms with E-state index in [9.17, 15) is 4.79 Å². The highest BCUT2D eigenvalue weighted by atomic mass is 32.2. The highest BCUT2D eigenvalue weighted by molar-refractivity contribution is 8.16. The summed E-state index contributed by atoms with van der Waals surface area (Å²) < 4.78 is 10.6. The van der Waals surface area contributed by atoms with Gasteiger partial charge in [-0.3, -0.25) is 9.69 Å². The molecule has 0 spiro atoms. The molecule has 9 heteroatoms. The number of piperazine rings is 1. The molecule has 3 heterocycles. The number of amides is 1. The molecule has 0 unspecified atom stereocenters. The molecule has 1 saturated heterocycles. The van der Waals surface area contributed by atoms with Gasteiger partial charge in [0.15, 0.2) is 16.7 Å². The van der Waals surface area contributed by atoms with E-state index in [0.29, 0.717) is 22.7 Å². The molecule has 0 bridgehead atoms. The zero-order chi connectivity index (χ0) is 24.2. The highest BCUT2D eigenvalue weighted by Crippen LogP contribution is 2.35. The Kier molecular flexibility index (Phi) is 7.08. The van der Waals surface area contributed by atoms with E-state index in [2.05, 4.69) is 31.9 Å². The van der Waals surface area contributed by atoms with E-state index in [1.807, 2.05) is 24.3 Å². The molecule has 3 aliphatic heterocycles. The van der Waals surface area contributed by atoms with Gasteiger partial charge in [0.05, 0.1) is 25.6 Å². The van der Waals surface area contributed by atoms with Crippen molar-refractivity contribution in [2.45, 2.75) is 0 Å². The van der Waals surface area contributed by atoms with Gasteiger partial charge in [-0.2, -0.15) is 0 Å². The van der Waals surface area contributed by atoms with Gasteiger partial charge in [-0.25, -0.2) is 4.99 Å². The summed E-state index contributed by atoms with van der Waals surface area (Å²) in [4.78, 5) is 22.7. The van der Waals surface area contributed by atoms with Gasteiger partial charge in [-0.05, 0) is 35.7 Å². The lowest BCUT2D eigenvalue weighted by molar-refractivity contribution is 0.102. The third-order valence-electron chi connectivity index (χ3n) is 6.25. The second kappa shape index (κ2) is 10.6. The summed E-state index contributed by atoms with van der Waals surface area (Å²) in [6.45, 7) is 5.91. The number of thioether (sulfide) groups is 1. The van der Waals surface area contributed by atoms with E-state index in [4.69, 9.17) is 14.5 Å². The molecule has 0 saturated carbocycles. The second-order valence-electron chi connectivity index (χ2n) is 8.42. The number of ether oxygens (including phenoxy) is 2. The Bertz CT molecular complexity index is 1200. The predicted molar refractivity (Wildman–Crippen MR) is 141 cm³/mol. The van der Waals surface area contributed by atoms with Crippen LogP contribution in [0.4, 0.5) is 5.69 Å². The number of carbonyl (C=O) groups excluding carboxylic acids is 1. The molecule has 182 valence electrons. The van der Waals surface area contributed by atoms with Crippen molar-refractivity contribution in [3.05, 3.63) is 70.8 Å². The molecule has 0 radical (unpaired) electrons. The smallest absolute Gasteiger partial charge is 0.255 e. The molecule has 2 aromatic carbocycles. The number of hydrogen-bond donors (Lipinski definition) is 2. The van der Waals surface area contributed by atoms with Crippen molar-refractivity contribution in [3.63, 3.8) is 0 Å². The maximum atomic E-state index is 13.0. The number of para-hydroxylation sites is 1. The predicted octanol–water partition coefficient (Wildman–Crippen LogP) is 3.46. The van der Waals surface area contributed by atoms with Gasteiger partial charge < -0.3 is 25.0 Å². The number of hydrogen-bond acceptors (Lipinski definition) is 8. The molecule has 1 fully saturated rings. The number of anilines is 1. The average molecular weight is 492 g/mol. The van der Waals surface area contributed by atoms with Crippen molar-refractivity contribution in [2.24, 2.45) is 4.99 Å². The number of benzene rings is 2. The summed E-state index contributed by atoms with van der Waals surface area (Å²) >= 11 is 1.66. The summed E-state index contributed by atoms with van der Waals surface area (Å²) in [5.41, 5.74) is 4.25. The molecule has 5 rings (SSSR count). The van der Waals surface area contributed by atoms with Crippen LogP contribution in [0.25, 0.3) is 5.70 Å². The number of fused-ring (bicyclic) bond motifs is 1. The molecule has 2 N–H and O–H groups in total. The molecule has 0 aliphatic carbocycles. The number of methoxy groups -OCH3 is 2. The Morgan fingerprint density at radius 3 is 2.71 bits per heavy atom. The van der Waals surface area contributed by atoms with Crippen molar-refractivity contribution < 1.29 is 14.3 Å².